The molecule has 1 unspecified atom stereocenters. The molecule has 2 aromatic rings. The highest BCUT2D eigenvalue weighted by molar-refractivity contribution is 6.09. The fourth-order valence-electron chi connectivity index (χ4n) is 2.18. The normalized spacial score (nSPS) is 10.9. The molecule has 0 radical (unpaired) electrons. The van der Waals surface area contributed by atoms with Gasteiger partial charge in [-0.3, -0.25) is 4.79 Å². The fourth-order valence-corrected chi connectivity index (χ4v) is 2.18. The first kappa shape index (κ1) is 20.0. The van der Waals surface area contributed by atoms with Crippen LogP contribution >= 0.6 is 0 Å². The molecule has 1 N–H and O–H groups in total. The number of carbonyl (C=O) groups is 2. The lowest BCUT2D eigenvalue weighted by molar-refractivity contribution is -0.141. The molecule has 0 aliphatic carbocycles. The highest BCUT2D eigenvalue weighted by Gasteiger charge is 2.13. The molecule has 0 aliphatic rings. The lowest BCUT2D eigenvalue weighted by Crippen LogP contribution is -2.25. The minimum absolute atomic E-state index is 0.0257. The van der Waals surface area contributed by atoms with E-state index in [0.717, 1.165) is 0 Å². The van der Waals surface area contributed by atoms with E-state index in [9.17, 15) is 14.7 Å². The number of carbonyl (C=O) groups excluding carboxylic acids is 2. The van der Waals surface area contributed by atoms with Crippen LogP contribution < -0.4 is 4.74 Å². The van der Waals surface area contributed by atoms with Gasteiger partial charge in [-0.15, -0.1) is 5.92 Å². The molecule has 0 fully saturated rings. The summed E-state index contributed by atoms with van der Waals surface area (Å²) in [7, 11) is 0. The number of hydrogen-bond donors (Lipinski definition) is 1. The highest BCUT2D eigenvalue weighted by Crippen LogP contribution is 2.17. The molecule has 0 aliphatic heterocycles. The first-order valence-electron chi connectivity index (χ1n) is 8.30. The Hall–Kier alpha value is -3.36. The number of rotatable bonds is 8. The molecule has 0 saturated heterocycles. The third-order valence-electron chi connectivity index (χ3n) is 3.50. The van der Waals surface area contributed by atoms with Gasteiger partial charge in [-0.1, -0.05) is 55.0 Å². The maximum atomic E-state index is 12.4. The number of benzene rings is 2. The fraction of sp³-hybridized carbons (Fsp3) is 0.182. The first-order valence-corrected chi connectivity index (χ1v) is 8.30. The summed E-state index contributed by atoms with van der Waals surface area (Å²) in [6, 6.07) is 15.6. The summed E-state index contributed by atoms with van der Waals surface area (Å²) in [5, 5.41) is 9.89. The van der Waals surface area contributed by atoms with Crippen LogP contribution in [0.4, 0.5) is 0 Å². The van der Waals surface area contributed by atoms with Crippen molar-refractivity contribution in [3.63, 3.8) is 0 Å². The molecule has 27 heavy (non-hydrogen) atoms. The van der Waals surface area contributed by atoms with Gasteiger partial charge in [0.2, 0.25) is 0 Å². The second kappa shape index (κ2) is 9.95. The molecule has 2 rings (SSSR count). The Kier molecular flexibility index (Phi) is 7.36. The third-order valence-corrected chi connectivity index (χ3v) is 3.50. The summed E-state index contributed by atoms with van der Waals surface area (Å²) >= 11 is 0. The van der Waals surface area contributed by atoms with Crippen LogP contribution in [0.5, 0.6) is 5.75 Å². The molecule has 5 nitrogen and oxygen atoms in total. The largest absolute Gasteiger partial charge is 0.491 e. The zero-order valence-electron chi connectivity index (χ0n) is 15.0. The first-order chi connectivity index (χ1) is 13.0. The van der Waals surface area contributed by atoms with Crippen molar-refractivity contribution >= 4 is 11.8 Å². The standard InChI is InChI=1S/C22H20O5/c1-3-8-16(2)22(25)27-15-19(23)14-26-20-12-7-11-18(13-20)21(24)17-9-5-4-6-10-17/h4-7,9-13,19,23H,2,14-15H2,1H3. The van der Waals surface area contributed by atoms with Crippen molar-refractivity contribution < 1.29 is 24.2 Å². The molecule has 2 aromatic carbocycles. The van der Waals surface area contributed by atoms with Crippen molar-refractivity contribution in [3.8, 4) is 17.6 Å². The number of esters is 1. The van der Waals surface area contributed by atoms with Gasteiger partial charge < -0.3 is 14.6 Å². The number of aliphatic hydroxyl groups excluding tert-OH is 1. The Morgan fingerprint density at radius 3 is 2.48 bits per heavy atom. The van der Waals surface area contributed by atoms with E-state index < -0.39 is 12.1 Å². The summed E-state index contributed by atoms with van der Waals surface area (Å²) < 4.78 is 10.4. The van der Waals surface area contributed by atoms with Gasteiger partial charge in [0.1, 0.15) is 30.6 Å². The van der Waals surface area contributed by atoms with Crippen molar-refractivity contribution in [2.45, 2.75) is 13.0 Å². The quantitative estimate of drug-likeness (QED) is 0.337. The van der Waals surface area contributed by atoms with Gasteiger partial charge in [-0.25, -0.2) is 4.79 Å². The van der Waals surface area contributed by atoms with E-state index in [2.05, 4.69) is 18.4 Å². The maximum absolute atomic E-state index is 12.4. The Morgan fingerprint density at radius 2 is 1.78 bits per heavy atom. The molecule has 0 spiro atoms. The van der Waals surface area contributed by atoms with Crippen LogP contribution in [0.25, 0.3) is 0 Å². The molecule has 0 heterocycles. The molecule has 0 bridgehead atoms. The van der Waals surface area contributed by atoms with Gasteiger partial charge in [-0.2, -0.15) is 0 Å². The number of aliphatic hydroxyl groups is 1. The van der Waals surface area contributed by atoms with Crippen molar-refractivity contribution in [2.75, 3.05) is 13.2 Å². The predicted octanol–water partition coefficient (Wildman–Crippen LogP) is 2.78. The maximum Gasteiger partial charge on any atom is 0.346 e. The molecule has 0 saturated carbocycles. The van der Waals surface area contributed by atoms with E-state index in [0.29, 0.717) is 16.9 Å². The summed E-state index contributed by atoms with van der Waals surface area (Å²) in [5.74, 6) is 4.67. The highest BCUT2D eigenvalue weighted by atomic mass is 16.5. The van der Waals surface area contributed by atoms with E-state index in [1.807, 2.05) is 6.07 Å². The molecular weight excluding hydrogens is 344 g/mol. The molecule has 1 atom stereocenters. The SMILES string of the molecule is C=C(C#CC)C(=O)OCC(O)COc1cccc(C(=O)c2ccccc2)c1. The Bertz CT molecular complexity index is 874. The molecular formula is C22H20O5. The molecule has 0 amide bonds. The zero-order valence-corrected chi connectivity index (χ0v) is 15.0. The lowest BCUT2D eigenvalue weighted by atomic mass is 10.0. The molecule has 5 heteroatoms. The Balaban J connectivity index is 1.89. The van der Waals surface area contributed by atoms with Crippen molar-refractivity contribution in [3.05, 3.63) is 77.9 Å². The van der Waals surface area contributed by atoms with Crippen LogP contribution in [0.1, 0.15) is 22.8 Å². The summed E-state index contributed by atoms with van der Waals surface area (Å²) in [4.78, 5) is 24.0. The average Bonchev–Trinajstić information content (AvgIpc) is 2.71. The van der Waals surface area contributed by atoms with Gasteiger partial charge in [0.25, 0.3) is 0 Å². The van der Waals surface area contributed by atoms with E-state index in [1.165, 1.54) is 0 Å². The second-order valence-electron chi connectivity index (χ2n) is 5.64. The third kappa shape index (κ3) is 6.14. The topological polar surface area (TPSA) is 72.8 Å². The van der Waals surface area contributed by atoms with Crippen molar-refractivity contribution in [1.82, 2.24) is 0 Å². The number of ether oxygens (including phenoxy) is 2. The molecule has 138 valence electrons. The van der Waals surface area contributed by atoms with E-state index >= 15 is 0 Å². The lowest BCUT2D eigenvalue weighted by Gasteiger charge is -2.13. The van der Waals surface area contributed by atoms with Gasteiger partial charge in [0.05, 0.1) is 0 Å². The monoisotopic (exact) mass is 364 g/mol. The summed E-state index contributed by atoms with van der Waals surface area (Å²) in [6.07, 6.45) is -1.02. The van der Waals surface area contributed by atoms with Crippen molar-refractivity contribution in [2.24, 2.45) is 0 Å². The van der Waals surface area contributed by atoms with Gasteiger partial charge >= 0.3 is 5.97 Å². The minimum Gasteiger partial charge on any atom is -0.491 e. The smallest absolute Gasteiger partial charge is 0.346 e. The molecule has 0 aromatic heterocycles. The second-order valence-corrected chi connectivity index (χ2v) is 5.64. The van der Waals surface area contributed by atoms with E-state index in [-0.39, 0.29) is 24.6 Å². The van der Waals surface area contributed by atoms with Crippen LogP contribution in [0, 0.1) is 11.8 Å². The average molecular weight is 364 g/mol. The van der Waals surface area contributed by atoms with Gasteiger partial charge in [0.15, 0.2) is 5.78 Å². The predicted molar refractivity (Wildman–Crippen MR) is 101 cm³/mol. The van der Waals surface area contributed by atoms with Crippen LogP contribution in [0.3, 0.4) is 0 Å². The zero-order chi connectivity index (χ0) is 19.6. The van der Waals surface area contributed by atoms with Crippen LogP contribution in [0.15, 0.2) is 66.7 Å². The summed E-state index contributed by atoms with van der Waals surface area (Å²) in [6.45, 7) is 4.72. The minimum atomic E-state index is -1.02. The number of ketones is 1. The van der Waals surface area contributed by atoms with E-state index in [4.69, 9.17) is 9.47 Å². The van der Waals surface area contributed by atoms with Gasteiger partial charge in [0, 0.05) is 11.1 Å². The van der Waals surface area contributed by atoms with Crippen LogP contribution in [-0.2, 0) is 9.53 Å². The number of hydrogen-bond acceptors (Lipinski definition) is 5. The summed E-state index contributed by atoms with van der Waals surface area (Å²) in [5.41, 5.74) is 1.09. The Morgan fingerprint density at radius 1 is 1.07 bits per heavy atom. The van der Waals surface area contributed by atoms with E-state index in [1.54, 1.807) is 55.5 Å². The van der Waals surface area contributed by atoms with Crippen molar-refractivity contribution in [1.29, 1.82) is 0 Å². The van der Waals surface area contributed by atoms with Gasteiger partial charge in [-0.05, 0) is 19.1 Å². The Labute approximate surface area is 158 Å². The van der Waals surface area contributed by atoms with Crippen LogP contribution in [-0.4, -0.2) is 36.2 Å². The van der Waals surface area contributed by atoms with Crippen LogP contribution in [0.2, 0.25) is 0 Å².